The van der Waals surface area contributed by atoms with Crippen molar-refractivity contribution < 1.29 is 9.90 Å². The second-order valence-electron chi connectivity index (χ2n) is 6.46. The van der Waals surface area contributed by atoms with Crippen molar-refractivity contribution in [2.24, 2.45) is 5.92 Å². The van der Waals surface area contributed by atoms with Crippen molar-refractivity contribution in [3.63, 3.8) is 0 Å². The molecule has 0 spiro atoms. The number of carbonyl (C=O) groups is 1. The van der Waals surface area contributed by atoms with Crippen molar-refractivity contribution in [1.82, 2.24) is 19.3 Å². The van der Waals surface area contributed by atoms with E-state index in [9.17, 15) is 9.90 Å². The predicted molar refractivity (Wildman–Crippen MR) is 92.9 cm³/mol. The number of aliphatic hydroxyl groups excluding tert-OH is 1. The van der Waals surface area contributed by atoms with E-state index >= 15 is 0 Å². The van der Waals surface area contributed by atoms with Gasteiger partial charge in [-0.2, -0.15) is 0 Å². The van der Waals surface area contributed by atoms with Gasteiger partial charge in [-0.05, 0) is 30.4 Å². The Kier molecular flexibility index (Phi) is 4.19. The van der Waals surface area contributed by atoms with Gasteiger partial charge >= 0.3 is 0 Å². The zero-order valence-electron chi connectivity index (χ0n) is 13.8. The number of imidazole rings is 1. The molecule has 0 aliphatic heterocycles. The lowest BCUT2D eigenvalue weighted by atomic mass is 10.1. The molecule has 6 nitrogen and oxygen atoms in total. The van der Waals surface area contributed by atoms with Gasteiger partial charge in [-0.1, -0.05) is 30.3 Å². The van der Waals surface area contributed by atoms with E-state index in [2.05, 4.69) is 9.97 Å². The van der Waals surface area contributed by atoms with Gasteiger partial charge in [0.05, 0.1) is 12.6 Å². The standard InChI is InChI=1S/C19H20N4O2/c24-13-17(15-7-8-15)23(11-14-5-2-1-3-6-14)18(25)16-12-22-10-4-9-20-19(22)21-16/h1-6,9-10,12,15,17,24H,7-8,11,13H2. The maximum absolute atomic E-state index is 13.2. The first-order valence-electron chi connectivity index (χ1n) is 8.52. The van der Waals surface area contributed by atoms with Crippen LogP contribution in [0.1, 0.15) is 28.9 Å². The summed E-state index contributed by atoms with van der Waals surface area (Å²) in [5.74, 6) is 0.700. The van der Waals surface area contributed by atoms with Crippen LogP contribution >= 0.6 is 0 Å². The molecule has 0 radical (unpaired) electrons. The molecule has 25 heavy (non-hydrogen) atoms. The number of hydrogen-bond acceptors (Lipinski definition) is 4. The molecule has 1 unspecified atom stereocenters. The lowest BCUT2D eigenvalue weighted by Crippen LogP contribution is -2.43. The molecule has 3 aromatic rings. The summed E-state index contributed by atoms with van der Waals surface area (Å²) in [4.78, 5) is 23.4. The Morgan fingerprint density at radius 1 is 1.28 bits per heavy atom. The minimum absolute atomic E-state index is 0.0329. The summed E-state index contributed by atoms with van der Waals surface area (Å²) in [6.45, 7) is 0.428. The molecule has 128 valence electrons. The Morgan fingerprint density at radius 2 is 2.08 bits per heavy atom. The topological polar surface area (TPSA) is 70.7 Å². The molecule has 2 aromatic heterocycles. The number of fused-ring (bicyclic) bond motifs is 1. The van der Waals surface area contributed by atoms with Crippen LogP contribution in [0.3, 0.4) is 0 Å². The van der Waals surface area contributed by atoms with Crippen molar-refractivity contribution in [1.29, 1.82) is 0 Å². The van der Waals surface area contributed by atoms with Crippen LogP contribution in [0.2, 0.25) is 0 Å². The highest BCUT2D eigenvalue weighted by atomic mass is 16.3. The quantitative estimate of drug-likeness (QED) is 0.749. The van der Waals surface area contributed by atoms with Gasteiger partial charge in [0, 0.05) is 25.1 Å². The maximum atomic E-state index is 13.2. The average Bonchev–Trinajstić information content (AvgIpc) is 3.39. The Hall–Kier alpha value is -2.73. The number of aliphatic hydroxyl groups is 1. The Bertz CT molecular complexity index is 840. The van der Waals surface area contributed by atoms with Crippen molar-refractivity contribution in [2.45, 2.75) is 25.4 Å². The fourth-order valence-electron chi connectivity index (χ4n) is 3.18. The van der Waals surface area contributed by atoms with Crippen LogP contribution < -0.4 is 0 Å². The smallest absolute Gasteiger partial charge is 0.274 e. The van der Waals surface area contributed by atoms with Crippen molar-refractivity contribution >= 4 is 11.7 Å². The number of carbonyl (C=O) groups excluding carboxylic acids is 1. The zero-order valence-corrected chi connectivity index (χ0v) is 13.8. The van der Waals surface area contributed by atoms with Gasteiger partial charge in [-0.15, -0.1) is 0 Å². The number of benzene rings is 1. The molecule has 0 bridgehead atoms. The number of amides is 1. The van der Waals surface area contributed by atoms with E-state index < -0.39 is 0 Å². The SMILES string of the molecule is O=C(c1cn2cccnc2n1)N(Cc1ccccc1)C(CO)C1CC1. The van der Waals surface area contributed by atoms with Gasteiger partial charge in [0.1, 0.15) is 5.69 Å². The third kappa shape index (κ3) is 3.25. The highest BCUT2D eigenvalue weighted by molar-refractivity contribution is 5.93. The Balaban J connectivity index is 1.67. The third-order valence-electron chi connectivity index (χ3n) is 4.66. The average molecular weight is 336 g/mol. The van der Waals surface area contributed by atoms with E-state index in [-0.39, 0.29) is 18.6 Å². The molecule has 1 fully saturated rings. The van der Waals surface area contributed by atoms with Gasteiger partial charge in [-0.25, -0.2) is 9.97 Å². The number of hydrogen-bond donors (Lipinski definition) is 1. The first kappa shape index (κ1) is 15.8. The monoisotopic (exact) mass is 336 g/mol. The molecular formula is C19H20N4O2. The van der Waals surface area contributed by atoms with Crippen molar-refractivity contribution in [3.05, 3.63) is 66.2 Å². The summed E-state index contributed by atoms with van der Waals surface area (Å²) in [6, 6.07) is 11.5. The lowest BCUT2D eigenvalue weighted by Gasteiger charge is -2.30. The predicted octanol–water partition coefficient (Wildman–Crippen LogP) is 2.14. The van der Waals surface area contributed by atoms with Crippen LogP contribution in [0.25, 0.3) is 5.78 Å². The fourth-order valence-corrected chi connectivity index (χ4v) is 3.18. The summed E-state index contributed by atoms with van der Waals surface area (Å²) in [5, 5.41) is 9.89. The largest absolute Gasteiger partial charge is 0.394 e. The lowest BCUT2D eigenvalue weighted by molar-refractivity contribution is 0.0526. The number of nitrogens with zero attached hydrogens (tertiary/aromatic N) is 4. The van der Waals surface area contributed by atoms with Gasteiger partial charge in [-0.3, -0.25) is 9.20 Å². The molecule has 2 heterocycles. The van der Waals surface area contributed by atoms with Crippen LogP contribution in [0.15, 0.2) is 55.0 Å². The molecular weight excluding hydrogens is 316 g/mol. The Labute approximate surface area is 145 Å². The maximum Gasteiger partial charge on any atom is 0.274 e. The van der Waals surface area contributed by atoms with Crippen molar-refractivity contribution in [3.8, 4) is 0 Å². The van der Waals surface area contributed by atoms with E-state index in [0.29, 0.717) is 23.9 Å². The highest BCUT2D eigenvalue weighted by Gasteiger charge is 2.37. The summed E-state index contributed by atoms with van der Waals surface area (Å²) in [5.41, 5.74) is 1.39. The first-order chi connectivity index (χ1) is 12.3. The van der Waals surface area contributed by atoms with Crippen LogP contribution in [0.5, 0.6) is 0 Å². The molecule has 1 aliphatic carbocycles. The molecule has 1 aromatic carbocycles. The van der Waals surface area contributed by atoms with Gasteiger partial charge < -0.3 is 10.0 Å². The Morgan fingerprint density at radius 3 is 2.76 bits per heavy atom. The summed E-state index contributed by atoms with van der Waals surface area (Å²) < 4.78 is 1.74. The van der Waals surface area contributed by atoms with Crippen molar-refractivity contribution in [2.75, 3.05) is 6.61 Å². The number of aromatic nitrogens is 3. The highest BCUT2D eigenvalue weighted by Crippen LogP contribution is 2.36. The van der Waals surface area contributed by atoms with Crippen LogP contribution in [0, 0.1) is 5.92 Å². The van der Waals surface area contributed by atoms with Gasteiger partial charge in [0.25, 0.3) is 5.91 Å². The minimum atomic E-state index is -0.175. The summed E-state index contributed by atoms with van der Waals surface area (Å²) in [6.07, 6.45) is 7.27. The second-order valence-corrected chi connectivity index (χ2v) is 6.46. The summed E-state index contributed by atoms with van der Waals surface area (Å²) >= 11 is 0. The van der Waals surface area contributed by atoms with E-state index in [4.69, 9.17) is 0 Å². The first-order valence-corrected chi connectivity index (χ1v) is 8.52. The van der Waals surface area contributed by atoms with E-state index in [1.807, 2.05) is 36.5 Å². The molecule has 1 aliphatic rings. The van der Waals surface area contributed by atoms with Crippen LogP contribution in [-0.2, 0) is 6.54 Å². The van der Waals surface area contributed by atoms with E-state index in [1.165, 1.54) is 0 Å². The van der Waals surface area contributed by atoms with Crippen LogP contribution in [0.4, 0.5) is 0 Å². The van der Waals surface area contributed by atoms with Gasteiger partial charge in [0.15, 0.2) is 0 Å². The summed E-state index contributed by atoms with van der Waals surface area (Å²) in [7, 11) is 0. The molecule has 1 atom stereocenters. The normalized spacial score (nSPS) is 15.2. The fraction of sp³-hybridized carbons (Fsp3) is 0.316. The zero-order chi connectivity index (χ0) is 17.2. The third-order valence-corrected chi connectivity index (χ3v) is 4.66. The molecule has 0 saturated heterocycles. The molecule has 1 amide bonds. The van der Waals surface area contributed by atoms with E-state index in [1.54, 1.807) is 27.8 Å². The molecule has 6 heteroatoms. The van der Waals surface area contributed by atoms with E-state index in [0.717, 1.165) is 18.4 Å². The minimum Gasteiger partial charge on any atom is -0.394 e. The van der Waals surface area contributed by atoms with Crippen LogP contribution in [-0.4, -0.2) is 42.9 Å². The molecule has 1 N–H and O–H groups in total. The molecule has 4 rings (SSSR count). The van der Waals surface area contributed by atoms with Gasteiger partial charge in [0.2, 0.25) is 5.78 Å². The number of rotatable bonds is 6. The molecule has 1 saturated carbocycles. The second kappa shape index (κ2) is 6.64.